The van der Waals surface area contributed by atoms with E-state index in [1.807, 2.05) is 0 Å². The Morgan fingerprint density at radius 2 is 2.33 bits per heavy atom. The lowest BCUT2D eigenvalue weighted by Crippen LogP contribution is -2.24. The molecule has 66 valence electrons. The van der Waals surface area contributed by atoms with E-state index in [1.165, 1.54) is 6.20 Å². The number of aromatic nitrogens is 1. The van der Waals surface area contributed by atoms with Gasteiger partial charge in [0.25, 0.3) is 0 Å². The average molecular weight is 187 g/mol. The summed E-state index contributed by atoms with van der Waals surface area (Å²) < 4.78 is 0. The second-order valence-electron chi connectivity index (χ2n) is 2.70. The van der Waals surface area contributed by atoms with E-state index < -0.39 is 6.10 Å². The monoisotopic (exact) mass is 186 g/mol. The van der Waals surface area contributed by atoms with E-state index in [0.717, 1.165) is 0 Å². The molecule has 0 fully saturated rings. The quantitative estimate of drug-likeness (QED) is 0.728. The maximum atomic E-state index is 9.53. The van der Waals surface area contributed by atoms with Crippen LogP contribution in [-0.2, 0) is 0 Å². The third-order valence-corrected chi connectivity index (χ3v) is 1.96. The normalized spacial score (nSPS) is 15.7. The smallest absolute Gasteiger partial charge is 0.0967 e. The van der Waals surface area contributed by atoms with E-state index in [-0.39, 0.29) is 6.04 Å². The van der Waals surface area contributed by atoms with Crippen molar-refractivity contribution in [3.05, 3.63) is 29.0 Å². The molecular formula is C8H11ClN2O. The summed E-state index contributed by atoms with van der Waals surface area (Å²) in [5.74, 6) is 0. The minimum absolute atomic E-state index is 0.341. The number of aliphatic hydroxyl groups is 1. The molecule has 1 rings (SSSR count). The van der Waals surface area contributed by atoms with Crippen LogP contribution in [-0.4, -0.2) is 16.1 Å². The van der Waals surface area contributed by atoms with Crippen molar-refractivity contribution < 1.29 is 5.11 Å². The molecule has 0 spiro atoms. The average Bonchev–Trinajstić information content (AvgIpc) is 2.04. The van der Waals surface area contributed by atoms with Gasteiger partial charge in [-0.2, -0.15) is 0 Å². The molecule has 2 atom stereocenters. The van der Waals surface area contributed by atoms with E-state index in [9.17, 15) is 5.11 Å². The molecule has 0 aliphatic heterocycles. The van der Waals surface area contributed by atoms with Crippen LogP contribution in [0.4, 0.5) is 0 Å². The van der Waals surface area contributed by atoms with Gasteiger partial charge in [-0.3, -0.25) is 4.98 Å². The van der Waals surface area contributed by atoms with Crippen molar-refractivity contribution in [3.8, 4) is 0 Å². The summed E-state index contributed by atoms with van der Waals surface area (Å²) in [5, 5.41) is 10.0. The maximum absolute atomic E-state index is 9.53. The largest absolute Gasteiger partial charge is 0.387 e. The lowest BCUT2D eigenvalue weighted by molar-refractivity contribution is 0.153. The van der Waals surface area contributed by atoms with Crippen molar-refractivity contribution in [2.75, 3.05) is 0 Å². The first-order valence-electron chi connectivity index (χ1n) is 3.66. The van der Waals surface area contributed by atoms with Crippen LogP contribution in [0.3, 0.4) is 0 Å². The molecule has 4 heteroatoms. The summed E-state index contributed by atoms with van der Waals surface area (Å²) >= 11 is 5.81. The Kier molecular flexibility index (Phi) is 3.03. The maximum Gasteiger partial charge on any atom is 0.0967 e. The predicted molar refractivity (Wildman–Crippen MR) is 47.9 cm³/mol. The Labute approximate surface area is 76.2 Å². The van der Waals surface area contributed by atoms with Crippen molar-refractivity contribution in [2.45, 2.75) is 19.1 Å². The van der Waals surface area contributed by atoms with Gasteiger partial charge in [0.1, 0.15) is 0 Å². The lowest BCUT2D eigenvalue weighted by Gasteiger charge is -2.15. The van der Waals surface area contributed by atoms with E-state index in [0.29, 0.717) is 10.6 Å². The Morgan fingerprint density at radius 3 is 2.83 bits per heavy atom. The Balaban J connectivity index is 2.94. The Morgan fingerprint density at radius 1 is 1.67 bits per heavy atom. The minimum Gasteiger partial charge on any atom is -0.387 e. The number of hydrogen-bond donors (Lipinski definition) is 2. The third kappa shape index (κ3) is 1.94. The van der Waals surface area contributed by atoms with Gasteiger partial charge in [0.05, 0.1) is 6.10 Å². The summed E-state index contributed by atoms with van der Waals surface area (Å²) in [4.78, 5) is 3.85. The molecule has 0 unspecified atom stereocenters. The highest BCUT2D eigenvalue weighted by Gasteiger charge is 2.15. The number of hydrogen-bond acceptors (Lipinski definition) is 3. The van der Waals surface area contributed by atoms with Crippen molar-refractivity contribution in [3.63, 3.8) is 0 Å². The van der Waals surface area contributed by atoms with Crippen LogP contribution in [0.5, 0.6) is 0 Å². The molecule has 3 nitrogen and oxygen atoms in total. The number of pyridine rings is 1. The third-order valence-electron chi connectivity index (χ3n) is 1.61. The van der Waals surface area contributed by atoms with Gasteiger partial charge >= 0.3 is 0 Å². The highest BCUT2D eigenvalue weighted by atomic mass is 35.5. The zero-order valence-corrected chi connectivity index (χ0v) is 7.49. The lowest BCUT2D eigenvalue weighted by atomic mass is 10.1. The zero-order chi connectivity index (χ0) is 9.14. The van der Waals surface area contributed by atoms with Crippen LogP contribution >= 0.6 is 11.6 Å². The highest BCUT2D eigenvalue weighted by molar-refractivity contribution is 6.31. The van der Waals surface area contributed by atoms with Crippen LogP contribution in [0.25, 0.3) is 0 Å². The van der Waals surface area contributed by atoms with Gasteiger partial charge in [-0.1, -0.05) is 11.6 Å². The van der Waals surface area contributed by atoms with Gasteiger partial charge in [-0.05, 0) is 13.0 Å². The first kappa shape index (κ1) is 9.45. The standard InChI is InChI=1S/C8H11ClN2O/c1-5(10)8(12)6-4-11-3-2-7(6)9/h2-5,8,12H,10H2,1H3/t5-,8+/m1/s1. The minimum atomic E-state index is -0.744. The predicted octanol–water partition coefficient (Wildman–Crippen LogP) is 1.12. The molecule has 0 aliphatic rings. The first-order valence-corrected chi connectivity index (χ1v) is 4.03. The number of aliphatic hydroxyl groups excluding tert-OH is 1. The van der Waals surface area contributed by atoms with Gasteiger partial charge < -0.3 is 10.8 Å². The van der Waals surface area contributed by atoms with Gasteiger partial charge in [-0.15, -0.1) is 0 Å². The molecule has 12 heavy (non-hydrogen) atoms. The van der Waals surface area contributed by atoms with E-state index in [1.54, 1.807) is 19.2 Å². The second-order valence-corrected chi connectivity index (χ2v) is 3.11. The van der Waals surface area contributed by atoms with E-state index in [4.69, 9.17) is 17.3 Å². The molecule has 0 saturated carbocycles. The zero-order valence-electron chi connectivity index (χ0n) is 6.74. The van der Waals surface area contributed by atoms with E-state index in [2.05, 4.69) is 4.98 Å². The van der Waals surface area contributed by atoms with Crippen LogP contribution in [0.2, 0.25) is 5.02 Å². The topological polar surface area (TPSA) is 59.1 Å². The van der Waals surface area contributed by atoms with Crippen LogP contribution in [0.15, 0.2) is 18.5 Å². The molecule has 0 aromatic carbocycles. The van der Waals surface area contributed by atoms with Gasteiger partial charge in [0, 0.05) is 29.0 Å². The summed E-state index contributed by atoms with van der Waals surface area (Å²) in [5.41, 5.74) is 6.08. The molecule has 0 bridgehead atoms. The van der Waals surface area contributed by atoms with E-state index >= 15 is 0 Å². The van der Waals surface area contributed by atoms with Crippen LogP contribution in [0, 0.1) is 0 Å². The summed E-state index contributed by atoms with van der Waals surface area (Å²) in [6, 6.07) is 1.29. The van der Waals surface area contributed by atoms with Crippen LogP contribution in [0.1, 0.15) is 18.6 Å². The SMILES string of the molecule is C[C@@H](N)[C@H](O)c1cnccc1Cl. The fourth-order valence-electron chi connectivity index (χ4n) is 0.891. The second kappa shape index (κ2) is 3.85. The van der Waals surface area contributed by atoms with Gasteiger partial charge in [0.15, 0.2) is 0 Å². The number of rotatable bonds is 2. The molecule has 1 aromatic heterocycles. The molecule has 0 saturated heterocycles. The molecule has 1 heterocycles. The molecule has 0 radical (unpaired) electrons. The molecule has 1 aromatic rings. The fraction of sp³-hybridized carbons (Fsp3) is 0.375. The molecular weight excluding hydrogens is 176 g/mol. The summed E-state index contributed by atoms with van der Waals surface area (Å²) in [6.07, 6.45) is 2.35. The summed E-state index contributed by atoms with van der Waals surface area (Å²) in [7, 11) is 0. The number of nitrogens with zero attached hydrogens (tertiary/aromatic N) is 1. The highest BCUT2D eigenvalue weighted by Crippen LogP contribution is 2.22. The molecule has 0 amide bonds. The Bertz CT molecular complexity index is 265. The van der Waals surface area contributed by atoms with Crippen molar-refractivity contribution in [2.24, 2.45) is 5.73 Å². The van der Waals surface area contributed by atoms with Crippen molar-refractivity contribution >= 4 is 11.6 Å². The van der Waals surface area contributed by atoms with Gasteiger partial charge in [-0.25, -0.2) is 0 Å². The number of nitrogens with two attached hydrogens (primary N) is 1. The fourth-order valence-corrected chi connectivity index (χ4v) is 1.11. The number of halogens is 1. The Hall–Kier alpha value is -0.640. The summed E-state index contributed by atoms with van der Waals surface area (Å²) in [6.45, 7) is 1.72. The first-order chi connectivity index (χ1) is 5.63. The van der Waals surface area contributed by atoms with Crippen molar-refractivity contribution in [1.82, 2.24) is 4.98 Å². The van der Waals surface area contributed by atoms with Crippen LogP contribution < -0.4 is 5.73 Å². The molecule has 3 N–H and O–H groups in total. The van der Waals surface area contributed by atoms with Crippen molar-refractivity contribution in [1.29, 1.82) is 0 Å². The molecule has 0 aliphatic carbocycles. The van der Waals surface area contributed by atoms with Gasteiger partial charge in [0.2, 0.25) is 0 Å².